The molecule has 1 aliphatic heterocycles. The molecule has 21 heavy (non-hydrogen) atoms. The largest absolute Gasteiger partial charge is 0.389 e. The molecule has 0 spiro atoms. The van der Waals surface area contributed by atoms with E-state index < -0.39 is 0 Å². The van der Waals surface area contributed by atoms with Crippen molar-refractivity contribution in [2.75, 3.05) is 18.0 Å². The fourth-order valence-corrected chi connectivity index (χ4v) is 3.28. The van der Waals surface area contributed by atoms with Gasteiger partial charge in [-0.2, -0.15) is 0 Å². The molecule has 110 valence electrons. The van der Waals surface area contributed by atoms with Crippen LogP contribution in [-0.4, -0.2) is 23.1 Å². The van der Waals surface area contributed by atoms with E-state index in [1.807, 2.05) is 24.3 Å². The topological polar surface area (TPSA) is 42.2 Å². The molecule has 1 aromatic carbocycles. The van der Waals surface area contributed by atoms with Crippen LogP contribution in [0.2, 0.25) is 0 Å². The van der Waals surface area contributed by atoms with Gasteiger partial charge in [-0.25, -0.2) is 4.98 Å². The lowest BCUT2D eigenvalue weighted by molar-refractivity contribution is 0.292. The Morgan fingerprint density at radius 3 is 2.81 bits per heavy atom. The van der Waals surface area contributed by atoms with Crippen LogP contribution in [0.5, 0.6) is 0 Å². The van der Waals surface area contributed by atoms with Crippen LogP contribution < -0.4 is 10.6 Å². The van der Waals surface area contributed by atoms with E-state index in [9.17, 15) is 0 Å². The van der Waals surface area contributed by atoms with E-state index in [0.29, 0.717) is 10.4 Å². The third kappa shape index (κ3) is 2.86. The Balaban J connectivity index is 2.11. The molecule has 0 amide bonds. The van der Waals surface area contributed by atoms with Gasteiger partial charge in [-0.15, -0.1) is 0 Å². The van der Waals surface area contributed by atoms with Crippen LogP contribution in [0.25, 0.3) is 10.9 Å². The lowest BCUT2D eigenvalue weighted by Crippen LogP contribution is -2.41. The first-order valence-corrected chi connectivity index (χ1v) is 7.82. The number of nitrogens with zero attached hydrogens (tertiary/aromatic N) is 2. The van der Waals surface area contributed by atoms with Gasteiger partial charge >= 0.3 is 0 Å². The number of pyridine rings is 1. The number of aromatic nitrogens is 1. The maximum Gasteiger partial charge on any atom is 0.139 e. The molecular formula is C17H21N3S. The van der Waals surface area contributed by atoms with E-state index in [4.69, 9.17) is 22.9 Å². The predicted octanol–water partition coefficient (Wildman–Crippen LogP) is 3.50. The van der Waals surface area contributed by atoms with Crippen molar-refractivity contribution in [2.45, 2.75) is 26.7 Å². The SMILES string of the molecule is CC1(C)CCCN(c2nc3ccccc3cc2C(N)=S)C1. The van der Waals surface area contributed by atoms with Crippen LogP contribution in [0.3, 0.4) is 0 Å². The summed E-state index contributed by atoms with van der Waals surface area (Å²) in [6.45, 7) is 6.62. The summed E-state index contributed by atoms with van der Waals surface area (Å²) >= 11 is 5.25. The normalized spacial score (nSPS) is 17.9. The van der Waals surface area contributed by atoms with Crippen molar-refractivity contribution in [1.29, 1.82) is 0 Å². The first-order valence-electron chi connectivity index (χ1n) is 7.41. The number of benzene rings is 1. The molecule has 0 atom stereocenters. The van der Waals surface area contributed by atoms with Gasteiger partial charge in [0.1, 0.15) is 10.8 Å². The second kappa shape index (κ2) is 5.26. The maximum absolute atomic E-state index is 5.94. The zero-order valence-corrected chi connectivity index (χ0v) is 13.4. The van der Waals surface area contributed by atoms with E-state index in [2.05, 4.69) is 24.8 Å². The molecule has 1 aliphatic rings. The Morgan fingerprint density at radius 2 is 2.10 bits per heavy atom. The highest BCUT2D eigenvalue weighted by Gasteiger charge is 2.28. The zero-order chi connectivity index (χ0) is 15.0. The van der Waals surface area contributed by atoms with Crippen LogP contribution in [0.15, 0.2) is 30.3 Å². The molecule has 2 N–H and O–H groups in total. The second-order valence-corrected chi connectivity index (χ2v) is 7.05. The third-order valence-corrected chi connectivity index (χ3v) is 4.39. The molecule has 1 saturated heterocycles. The first kappa shape index (κ1) is 14.3. The predicted molar refractivity (Wildman–Crippen MR) is 92.9 cm³/mol. The summed E-state index contributed by atoms with van der Waals surface area (Å²) in [5.74, 6) is 0.939. The minimum absolute atomic E-state index is 0.305. The summed E-state index contributed by atoms with van der Waals surface area (Å²) in [5.41, 5.74) is 8.14. The lowest BCUT2D eigenvalue weighted by atomic mass is 9.84. The smallest absolute Gasteiger partial charge is 0.139 e. The Hall–Kier alpha value is -1.68. The zero-order valence-electron chi connectivity index (χ0n) is 12.6. The number of thiocarbonyl (C=S) groups is 1. The van der Waals surface area contributed by atoms with Gasteiger partial charge < -0.3 is 10.6 Å². The summed E-state index contributed by atoms with van der Waals surface area (Å²) < 4.78 is 0. The molecule has 0 unspecified atom stereocenters. The van der Waals surface area contributed by atoms with Crippen LogP contribution in [0.1, 0.15) is 32.3 Å². The molecule has 3 rings (SSSR count). The summed E-state index contributed by atoms with van der Waals surface area (Å²) in [5, 5.41) is 1.08. The van der Waals surface area contributed by atoms with E-state index in [1.54, 1.807) is 0 Å². The molecule has 0 radical (unpaired) electrons. The highest BCUT2D eigenvalue weighted by molar-refractivity contribution is 7.80. The molecule has 1 aromatic heterocycles. The second-order valence-electron chi connectivity index (χ2n) is 6.61. The van der Waals surface area contributed by atoms with E-state index in [1.165, 1.54) is 12.8 Å². The van der Waals surface area contributed by atoms with Crippen LogP contribution in [0, 0.1) is 5.41 Å². The monoisotopic (exact) mass is 299 g/mol. The van der Waals surface area contributed by atoms with Crippen LogP contribution in [0.4, 0.5) is 5.82 Å². The van der Waals surface area contributed by atoms with Crippen molar-refractivity contribution in [2.24, 2.45) is 11.1 Å². The number of fused-ring (bicyclic) bond motifs is 1. The number of anilines is 1. The van der Waals surface area contributed by atoms with Crippen LogP contribution >= 0.6 is 12.2 Å². The molecular weight excluding hydrogens is 278 g/mol. The lowest BCUT2D eigenvalue weighted by Gasteiger charge is -2.39. The quantitative estimate of drug-likeness (QED) is 0.862. The molecule has 3 nitrogen and oxygen atoms in total. The fraction of sp³-hybridized carbons (Fsp3) is 0.412. The number of nitrogens with two attached hydrogens (primary N) is 1. The van der Waals surface area contributed by atoms with Crippen molar-refractivity contribution < 1.29 is 0 Å². The standard InChI is InChI=1S/C17H21N3S/c1-17(2)8-5-9-20(11-17)16-13(15(18)21)10-12-6-3-4-7-14(12)19-16/h3-4,6-7,10H,5,8-9,11H2,1-2H3,(H2,18,21). The Morgan fingerprint density at radius 1 is 1.33 bits per heavy atom. The average Bonchev–Trinajstić information content (AvgIpc) is 2.44. The van der Waals surface area contributed by atoms with Gasteiger partial charge in [0.15, 0.2) is 0 Å². The molecule has 2 aromatic rings. The van der Waals surface area contributed by atoms with Gasteiger partial charge in [0, 0.05) is 18.5 Å². The minimum Gasteiger partial charge on any atom is -0.389 e. The van der Waals surface area contributed by atoms with Crippen molar-refractivity contribution >= 4 is 33.9 Å². The first-order chi connectivity index (χ1) is 9.96. The number of para-hydroxylation sites is 1. The summed E-state index contributed by atoms with van der Waals surface area (Å²) in [7, 11) is 0. The van der Waals surface area contributed by atoms with E-state index in [-0.39, 0.29) is 0 Å². The Labute approximate surface area is 131 Å². The van der Waals surface area contributed by atoms with Gasteiger partial charge in [0.2, 0.25) is 0 Å². The molecule has 1 fully saturated rings. The highest BCUT2D eigenvalue weighted by atomic mass is 32.1. The highest BCUT2D eigenvalue weighted by Crippen LogP contribution is 2.33. The minimum atomic E-state index is 0.305. The van der Waals surface area contributed by atoms with Crippen molar-refractivity contribution in [1.82, 2.24) is 4.98 Å². The molecule has 0 aliphatic carbocycles. The van der Waals surface area contributed by atoms with E-state index >= 15 is 0 Å². The molecule has 2 heterocycles. The average molecular weight is 299 g/mol. The van der Waals surface area contributed by atoms with Crippen LogP contribution in [-0.2, 0) is 0 Å². The van der Waals surface area contributed by atoms with Gasteiger partial charge in [0.25, 0.3) is 0 Å². The number of hydrogen-bond acceptors (Lipinski definition) is 3. The summed E-state index contributed by atoms with van der Waals surface area (Å²) in [6.07, 6.45) is 2.43. The van der Waals surface area contributed by atoms with Crippen molar-refractivity contribution in [3.8, 4) is 0 Å². The Bertz CT molecular complexity index is 693. The van der Waals surface area contributed by atoms with Gasteiger partial charge in [-0.05, 0) is 30.4 Å². The maximum atomic E-state index is 5.94. The summed E-state index contributed by atoms with van der Waals surface area (Å²) in [4.78, 5) is 7.60. The summed E-state index contributed by atoms with van der Waals surface area (Å²) in [6, 6.07) is 10.2. The molecule has 0 saturated carbocycles. The Kier molecular flexibility index (Phi) is 3.57. The van der Waals surface area contributed by atoms with Gasteiger partial charge in [-0.3, -0.25) is 0 Å². The molecule has 0 bridgehead atoms. The van der Waals surface area contributed by atoms with E-state index in [0.717, 1.165) is 35.4 Å². The van der Waals surface area contributed by atoms with Crippen molar-refractivity contribution in [3.05, 3.63) is 35.9 Å². The number of rotatable bonds is 2. The van der Waals surface area contributed by atoms with Gasteiger partial charge in [0.05, 0.1) is 11.1 Å². The fourth-order valence-electron chi connectivity index (χ4n) is 3.13. The van der Waals surface area contributed by atoms with Gasteiger partial charge in [-0.1, -0.05) is 44.3 Å². The number of hydrogen-bond donors (Lipinski definition) is 1. The third-order valence-electron chi connectivity index (χ3n) is 4.17. The molecule has 4 heteroatoms. The number of piperidine rings is 1. The van der Waals surface area contributed by atoms with Crippen molar-refractivity contribution in [3.63, 3.8) is 0 Å².